The van der Waals surface area contributed by atoms with E-state index in [0.717, 1.165) is 31.4 Å². The van der Waals surface area contributed by atoms with Crippen molar-refractivity contribution < 1.29 is 38.1 Å². The second kappa shape index (κ2) is 12.8. The Hall–Kier alpha value is -4.18. The zero-order valence-corrected chi connectivity index (χ0v) is 22.2. The van der Waals surface area contributed by atoms with Gasteiger partial charge in [0.2, 0.25) is 0 Å². The molecule has 1 heterocycles. The number of rotatable bonds is 10. The van der Waals surface area contributed by atoms with Gasteiger partial charge in [0.05, 0.1) is 11.2 Å². The number of hydrogen-bond donors (Lipinski definition) is 3. The molecule has 0 bridgehead atoms. The minimum atomic E-state index is -1.07. The molecule has 0 radical (unpaired) electrons. The number of piperidine rings is 1. The molecule has 0 aliphatic carbocycles. The normalized spacial score (nSPS) is 14.4. The van der Waals surface area contributed by atoms with E-state index in [1.54, 1.807) is 11.0 Å². The molecule has 8 nitrogen and oxygen atoms in total. The number of nitrogens with zero attached hydrogens (tertiary/aromatic N) is 1. The van der Waals surface area contributed by atoms with E-state index in [2.05, 4.69) is 12.2 Å². The number of amides is 2. The lowest BCUT2D eigenvalue weighted by molar-refractivity contribution is -0.0196. The Morgan fingerprint density at radius 2 is 1.50 bits per heavy atom. The Balaban J connectivity index is 1.50. The summed E-state index contributed by atoms with van der Waals surface area (Å²) < 4.78 is 38.7. The topological polar surface area (TPSA) is 108 Å². The highest BCUT2D eigenvalue weighted by Gasteiger charge is 2.33. The van der Waals surface area contributed by atoms with Crippen molar-refractivity contribution >= 4 is 17.7 Å². The van der Waals surface area contributed by atoms with Crippen molar-refractivity contribution in [2.45, 2.75) is 51.0 Å². The van der Waals surface area contributed by atoms with Crippen LogP contribution in [0.25, 0.3) is 0 Å². The van der Waals surface area contributed by atoms with Gasteiger partial charge in [-0.05, 0) is 55.7 Å². The van der Waals surface area contributed by atoms with Gasteiger partial charge < -0.3 is 29.9 Å². The largest absolute Gasteiger partial charge is 0.478 e. The maximum atomic E-state index is 13.7. The molecule has 10 heteroatoms. The van der Waals surface area contributed by atoms with E-state index in [1.807, 2.05) is 0 Å². The summed E-state index contributed by atoms with van der Waals surface area (Å²) in [6, 6.07) is 13.1. The smallest absolute Gasteiger partial charge is 0.335 e. The van der Waals surface area contributed by atoms with Crippen LogP contribution in [-0.4, -0.2) is 45.8 Å². The third-order valence-electron chi connectivity index (χ3n) is 6.82. The first-order valence-corrected chi connectivity index (χ1v) is 13.2. The number of hydrogen-bond acceptors (Lipinski definition) is 5. The molecule has 2 amide bonds. The number of carbonyl (C=O) groups excluding carboxylic acids is 1. The number of ether oxygens (including phenoxy) is 2. The molecule has 0 saturated carbocycles. The Labute approximate surface area is 231 Å². The number of nitrogens with one attached hydrogen (secondary N) is 1. The van der Waals surface area contributed by atoms with E-state index in [4.69, 9.17) is 14.6 Å². The number of unbranched alkanes of at least 4 members (excludes halogenated alkanes) is 2. The third kappa shape index (κ3) is 7.69. The molecule has 40 heavy (non-hydrogen) atoms. The predicted octanol–water partition coefficient (Wildman–Crippen LogP) is 7.19. The fraction of sp³-hybridized carbons (Fsp3) is 0.333. The molecule has 1 saturated heterocycles. The molecule has 1 fully saturated rings. The second-order valence-electron chi connectivity index (χ2n) is 9.90. The van der Waals surface area contributed by atoms with Gasteiger partial charge in [0, 0.05) is 43.0 Å². The molecule has 212 valence electrons. The van der Waals surface area contributed by atoms with E-state index in [0.29, 0.717) is 43.8 Å². The maximum absolute atomic E-state index is 13.7. The van der Waals surface area contributed by atoms with Crippen molar-refractivity contribution in [3.05, 3.63) is 77.9 Å². The van der Waals surface area contributed by atoms with Crippen molar-refractivity contribution in [1.29, 1.82) is 0 Å². The molecule has 0 atom stereocenters. The number of carbonyl (C=O) groups is 2. The summed E-state index contributed by atoms with van der Waals surface area (Å²) in [7, 11) is 0. The number of anilines is 1. The number of aliphatic hydroxyl groups is 1. The van der Waals surface area contributed by atoms with E-state index in [9.17, 15) is 23.5 Å². The zero-order chi connectivity index (χ0) is 28.7. The fourth-order valence-corrected chi connectivity index (χ4v) is 4.52. The minimum absolute atomic E-state index is 0.0394. The predicted molar refractivity (Wildman–Crippen MR) is 145 cm³/mol. The molecular formula is C30H32F2N2O6. The Morgan fingerprint density at radius 1 is 0.875 bits per heavy atom. The fourth-order valence-electron chi connectivity index (χ4n) is 4.52. The number of benzene rings is 3. The van der Waals surface area contributed by atoms with Crippen LogP contribution in [0.1, 0.15) is 55.8 Å². The lowest BCUT2D eigenvalue weighted by Crippen LogP contribution is -2.48. The summed E-state index contributed by atoms with van der Waals surface area (Å²) in [5, 5.41) is 22.8. The number of urea groups is 1. The van der Waals surface area contributed by atoms with Crippen LogP contribution >= 0.6 is 0 Å². The number of aromatic carboxylic acids is 1. The van der Waals surface area contributed by atoms with Crippen molar-refractivity contribution in [2.24, 2.45) is 0 Å². The van der Waals surface area contributed by atoms with Crippen molar-refractivity contribution in [2.75, 3.05) is 18.4 Å². The molecule has 3 N–H and O–H groups in total. The monoisotopic (exact) mass is 554 g/mol. The van der Waals surface area contributed by atoms with Crippen LogP contribution in [0.3, 0.4) is 0 Å². The average molecular weight is 555 g/mol. The first-order chi connectivity index (χ1) is 19.1. The third-order valence-corrected chi connectivity index (χ3v) is 6.82. The Morgan fingerprint density at radius 3 is 2.10 bits per heavy atom. The lowest BCUT2D eigenvalue weighted by atomic mass is 9.86. The standard InChI is InChI=1S/C30H32F2N2O6/c1-2-3-4-11-30(38)12-14-34(15-13-30)29(37)33-21-16-24(39-22-7-5-20(6-8-22)28(35)36)18-25(17-21)40-23-9-10-26(31)27(32)19-23/h5-10,16-19,38H,2-4,11-15H2,1H3,(H,33,37)(H,35,36). The summed E-state index contributed by atoms with van der Waals surface area (Å²) >= 11 is 0. The van der Waals surface area contributed by atoms with E-state index < -0.39 is 23.2 Å². The van der Waals surface area contributed by atoms with Crippen molar-refractivity contribution in [3.8, 4) is 23.0 Å². The van der Waals surface area contributed by atoms with Crippen LogP contribution in [0, 0.1) is 11.6 Å². The SMILES string of the molecule is CCCCCC1(O)CCN(C(=O)Nc2cc(Oc3ccc(C(=O)O)cc3)cc(Oc3ccc(F)c(F)c3)c2)CC1. The first kappa shape index (κ1) is 28.8. The van der Waals surface area contributed by atoms with Crippen molar-refractivity contribution in [3.63, 3.8) is 0 Å². The second-order valence-corrected chi connectivity index (χ2v) is 9.90. The molecule has 0 aromatic heterocycles. The maximum Gasteiger partial charge on any atom is 0.335 e. The Bertz CT molecular complexity index is 1340. The average Bonchev–Trinajstić information content (AvgIpc) is 2.91. The number of halogens is 2. The summed E-state index contributed by atoms with van der Waals surface area (Å²) in [6.45, 7) is 2.91. The highest BCUT2D eigenvalue weighted by molar-refractivity contribution is 5.90. The van der Waals surface area contributed by atoms with Crippen LogP contribution in [0.5, 0.6) is 23.0 Å². The summed E-state index contributed by atoms with van der Waals surface area (Å²) in [6.07, 6.45) is 4.78. The zero-order valence-electron chi connectivity index (χ0n) is 22.2. The highest BCUT2D eigenvalue weighted by Crippen LogP contribution is 2.34. The lowest BCUT2D eigenvalue weighted by Gasteiger charge is -2.38. The molecular weight excluding hydrogens is 522 g/mol. The van der Waals surface area contributed by atoms with Gasteiger partial charge in [-0.1, -0.05) is 26.2 Å². The molecule has 3 aromatic carbocycles. The summed E-state index contributed by atoms with van der Waals surface area (Å²) in [5.41, 5.74) is -0.345. The first-order valence-electron chi connectivity index (χ1n) is 13.2. The molecule has 0 spiro atoms. The van der Waals surface area contributed by atoms with Crippen molar-refractivity contribution in [1.82, 2.24) is 4.90 Å². The summed E-state index contributed by atoms with van der Waals surface area (Å²) in [4.78, 5) is 25.8. The number of likely N-dealkylation sites (tertiary alicyclic amines) is 1. The van der Waals surface area contributed by atoms with Gasteiger partial charge in [0.15, 0.2) is 11.6 Å². The minimum Gasteiger partial charge on any atom is -0.478 e. The number of carboxylic acid groups (broad SMARTS) is 1. The number of carboxylic acids is 1. The molecule has 4 rings (SSSR count). The quantitative estimate of drug-likeness (QED) is 0.229. The van der Waals surface area contributed by atoms with Gasteiger partial charge >= 0.3 is 12.0 Å². The van der Waals surface area contributed by atoms with Gasteiger partial charge in [-0.2, -0.15) is 0 Å². The molecule has 1 aliphatic heterocycles. The van der Waals surface area contributed by atoms with Crippen LogP contribution in [0.2, 0.25) is 0 Å². The molecule has 0 unspecified atom stereocenters. The van der Waals surface area contributed by atoms with Gasteiger partial charge in [-0.15, -0.1) is 0 Å². The van der Waals surface area contributed by atoms with Gasteiger partial charge in [-0.3, -0.25) is 0 Å². The van der Waals surface area contributed by atoms with Crippen LogP contribution in [-0.2, 0) is 0 Å². The molecule has 3 aromatic rings. The molecule has 1 aliphatic rings. The van der Waals surface area contributed by atoms with Gasteiger partial charge in [0.1, 0.15) is 23.0 Å². The van der Waals surface area contributed by atoms with E-state index in [1.165, 1.54) is 42.5 Å². The van der Waals surface area contributed by atoms with Crippen LogP contribution in [0.15, 0.2) is 60.7 Å². The van der Waals surface area contributed by atoms with Gasteiger partial charge in [0.25, 0.3) is 0 Å². The van der Waals surface area contributed by atoms with Gasteiger partial charge in [-0.25, -0.2) is 18.4 Å². The van der Waals surface area contributed by atoms with E-state index in [-0.39, 0.29) is 28.8 Å². The van der Waals surface area contributed by atoms with Crippen LogP contribution in [0.4, 0.5) is 19.3 Å². The van der Waals surface area contributed by atoms with E-state index >= 15 is 0 Å². The Kier molecular flexibility index (Phi) is 9.21. The van der Waals surface area contributed by atoms with Crippen LogP contribution < -0.4 is 14.8 Å². The highest BCUT2D eigenvalue weighted by atomic mass is 19.2. The summed E-state index contributed by atoms with van der Waals surface area (Å²) in [5.74, 6) is -2.34.